The number of rotatable bonds is 4. The summed E-state index contributed by atoms with van der Waals surface area (Å²) in [6.45, 7) is 0. The first-order valence-electron chi connectivity index (χ1n) is 8.87. The van der Waals surface area contributed by atoms with Crippen molar-refractivity contribution in [3.05, 3.63) is 98.5 Å². The van der Waals surface area contributed by atoms with Crippen molar-refractivity contribution in [3.8, 4) is 11.4 Å². The zero-order chi connectivity index (χ0) is 20.4. The fraction of sp³-hybridized carbons (Fsp3) is 0.0435. The Labute approximate surface area is 177 Å². The van der Waals surface area contributed by atoms with E-state index in [2.05, 4.69) is 0 Å². The van der Waals surface area contributed by atoms with E-state index in [1.165, 1.54) is 0 Å². The third-order valence-electron chi connectivity index (χ3n) is 4.50. The second kappa shape index (κ2) is 8.11. The molecule has 0 aliphatic carbocycles. The summed E-state index contributed by atoms with van der Waals surface area (Å²) in [4.78, 5) is 18.0. The van der Waals surface area contributed by atoms with Gasteiger partial charge >= 0.3 is 0 Å². The Morgan fingerprint density at radius 1 is 0.966 bits per heavy atom. The molecule has 0 aliphatic heterocycles. The largest absolute Gasteiger partial charge is 0.495 e. The van der Waals surface area contributed by atoms with Gasteiger partial charge in [-0.15, -0.1) is 0 Å². The first-order chi connectivity index (χ1) is 14.1. The van der Waals surface area contributed by atoms with E-state index < -0.39 is 0 Å². The lowest BCUT2D eigenvalue weighted by Crippen LogP contribution is -2.22. The van der Waals surface area contributed by atoms with Gasteiger partial charge < -0.3 is 4.74 Å². The maximum Gasteiger partial charge on any atom is 0.266 e. The minimum Gasteiger partial charge on any atom is -0.495 e. The van der Waals surface area contributed by atoms with Crippen molar-refractivity contribution in [2.75, 3.05) is 7.11 Å². The van der Waals surface area contributed by atoms with E-state index in [9.17, 15) is 4.79 Å². The molecule has 0 amide bonds. The summed E-state index contributed by atoms with van der Waals surface area (Å²) in [6.07, 6.45) is 3.57. The topological polar surface area (TPSA) is 44.1 Å². The third-order valence-corrected chi connectivity index (χ3v) is 5.06. The van der Waals surface area contributed by atoms with Crippen LogP contribution in [0.4, 0.5) is 0 Å². The third kappa shape index (κ3) is 3.77. The molecule has 3 aromatic carbocycles. The van der Waals surface area contributed by atoms with E-state index in [4.69, 9.17) is 32.9 Å². The quantitative estimate of drug-likeness (QED) is 0.412. The van der Waals surface area contributed by atoms with Crippen molar-refractivity contribution >= 4 is 46.3 Å². The van der Waals surface area contributed by atoms with Crippen molar-refractivity contribution in [2.24, 2.45) is 0 Å². The van der Waals surface area contributed by atoms with Crippen LogP contribution in [0.25, 0.3) is 28.7 Å². The van der Waals surface area contributed by atoms with Crippen LogP contribution in [0, 0.1) is 0 Å². The van der Waals surface area contributed by atoms with Gasteiger partial charge in [-0.3, -0.25) is 9.36 Å². The van der Waals surface area contributed by atoms with Crippen LogP contribution in [-0.4, -0.2) is 16.7 Å². The molecule has 4 rings (SSSR count). The van der Waals surface area contributed by atoms with Gasteiger partial charge in [0.15, 0.2) is 0 Å². The van der Waals surface area contributed by atoms with Gasteiger partial charge in [0.25, 0.3) is 5.56 Å². The van der Waals surface area contributed by atoms with Gasteiger partial charge in [-0.2, -0.15) is 0 Å². The van der Waals surface area contributed by atoms with Gasteiger partial charge in [0.1, 0.15) is 11.6 Å². The summed E-state index contributed by atoms with van der Waals surface area (Å²) < 4.78 is 7.01. The molecule has 0 saturated heterocycles. The Balaban J connectivity index is 1.97. The Morgan fingerprint density at radius 3 is 2.52 bits per heavy atom. The summed E-state index contributed by atoms with van der Waals surface area (Å²) in [6, 6.07) is 19.8. The Kier molecular flexibility index (Phi) is 5.38. The van der Waals surface area contributed by atoms with Crippen molar-refractivity contribution in [1.29, 1.82) is 0 Å². The molecular weight excluding hydrogens is 407 g/mol. The van der Waals surface area contributed by atoms with E-state index in [1.807, 2.05) is 42.5 Å². The predicted octanol–water partition coefficient (Wildman–Crippen LogP) is 5.87. The molecule has 144 valence electrons. The normalized spacial score (nSPS) is 11.3. The monoisotopic (exact) mass is 422 g/mol. The van der Waals surface area contributed by atoms with E-state index in [-0.39, 0.29) is 5.56 Å². The molecule has 0 aliphatic rings. The number of fused-ring (bicyclic) bond motifs is 1. The first-order valence-corrected chi connectivity index (χ1v) is 9.62. The molecule has 4 aromatic rings. The Hall–Kier alpha value is -3.08. The minimum atomic E-state index is -0.179. The van der Waals surface area contributed by atoms with Crippen LogP contribution in [0.15, 0.2) is 71.5 Å². The molecule has 6 heteroatoms. The standard InChI is InChI=1S/C23H16Cl2N2O2/c1-29-21-9-5-4-8-20(21)27-22(13-11-15-10-12-16(24)14-18(15)25)26-19-7-3-2-6-17(19)23(27)28/h2-14H,1H3. The number of nitrogens with zero attached hydrogens (tertiary/aromatic N) is 2. The lowest BCUT2D eigenvalue weighted by Gasteiger charge is -2.14. The van der Waals surface area contributed by atoms with Crippen LogP contribution in [0.5, 0.6) is 5.75 Å². The minimum absolute atomic E-state index is 0.179. The molecule has 0 bridgehead atoms. The molecule has 0 radical (unpaired) electrons. The molecule has 29 heavy (non-hydrogen) atoms. The number of ether oxygens (including phenoxy) is 1. The van der Waals surface area contributed by atoms with E-state index in [0.717, 1.165) is 5.56 Å². The van der Waals surface area contributed by atoms with E-state index in [0.29, 0.717) is 38.2 Å². The van der Waals surface area contributed by atoms with Crippen molar-refractivity contribution in [2.45, 2.75) is 0 Å². The van der Waals surface area contributed by atoms with Gasteiger partial charge in [-0.1, -0.05) is 53.5 Å². The van der Waals surface area contributed by atoms with Gasteiger partial charge in [-0.25, -0.2) is 4.98 Å². The van der Waals surface area contributed by atoms with Crippen molar-refractivity contribution in [3.63, 3.8) is 0 Å². The fourth-order valence-electron chi connectivity index (χ4n) is 3.11. The summed E-state index contributed by atoms with van der Waals surface area (Å²) in [5, 5.41) is 1.60. The van der Waals surface area contributed by atoms with E-state index in [1.54, 1.807) is 48.1 Å². The molecule has 4 nitrogen and oxygen atoms in total. The maximum atomic E-state index is 13.3. The van der Waals surface area contributed by atoms with E-state index >= 15 is 0 Å². The van der Waals surface area contributed by atoms with Crippen LogP contribution < -0.4 is 10.3 Å². The molecule has 0 atom stereocenters. The zero-order valence-corrected chi connectivity index (χ0v) is 17.0. The molecule has 0 spiro atoms. The molecule has 1 heterocycles. The average molecular weight is 423 g/mol. The summed E-state index contributed by atoms with van der Waals surface area (Å²) in [5.41, 5.74) is 1.82. The fourth-order valence-corrected chi connectivity index (χ4v) is 3.58. The molecule has 0 unspecified atom stereocenters. The first kappa shape index (κ1) is 19.2. The van der Waals surface area contributed by atoms with Crippen LogP contribution >= 0.6 is 23.2 Å². The highest BCUT2D eigenvalue weighted by molar-refractivity contribution is 6.35. The summed E-state index contributed by atoms with van der Waals surface area (Å²) in [5.74, 6) is 1.04. The Morgan fingerprint density at radius 2 is 1.72 bits per heavy atom. The second-order valence-electron chi connectivity index (χ2n) is 6.30. The lowest BCUT2D eigenvalue weighted by atomic mass is 10.2. The van der Waals surface area contributed by atoms with Crippen LogP contribution in [0.1, 0.15) is 11.4 Å². The van der Waals surface area contributed by atoms with Gasteiger partial charge in [0, 0.05) is 10.0 Å². The number of para-hydroxylation sites is 3. The number of hydrogen-bond donors (Lipinski definition) is 0. The van der Waals surface area contributed by atoms with Gasteiger partial charge in [0.05, 0.1) is 23.7 Å². The molecule has 1 aromatic heterocycles. The van der Waals surface area contributed by atoms with Crippen LogP contribution in [0.2, 0.25) is 10.0 Å². The summed E-state index contributed by atoms with van der Waals surface area (Å²) >= 11 is 12.3. The SMILES string of the molecule is COc1ccccc1-n1c(C=Cc2ccc(Cl)cc2Cl)nc2ccccc2c1=O. The van der Waals surface area contributed by atoms with Crippen molar-refractivity contribution < 1.29 is 4.74 Å². The summed E-state index contributed by atoms with van der Waals surface area (Å²) in [7, 11) is 1.57. The van der Waals surface area contributed by atoms with Crippen LogP contribution in [-0.2, 0) is 0 Å². The Bertz CT molecular complexity index is 1300. The van der Waals surface area contributed by atoms with Crippen molar-refractivity contribution in [1.82, 2.24) is 9.55 Å². The number of halogens is 2. The number of benzene rings is 3. The zero-order valence-electron chi connectivity index (χ0n) is 15.5. The second-order valence-corrected chi connectivity index (χ2v) is 7.14. The highest BCUT2D eigenvalue weighted by atomic mass is 35.5. The lowest BCUT2D eigenvalue weighted by molar-refractivity contribution is 0.412. The predicted molar refractivity (Wildman–Crippen MR) is 119 cm³/mol. The highest BCUT2D eigenvalue weighted by Crippen LogP contribution is 2.25. The maximum absolute atomic E-state index is 13.3. The molecule has 0 saturated carbocycles. The number of hydrogen-bond acceptors (Lipinski definition) is 3. The molecule has 0 fully saturated rings. The smallest absolute Gasteiger partial charge is 0.266 e. The average Bonchev–Trinajstić information content (AvgIpc) is 2.73. The van der Waals surface area contributed by atoms with Gasteiger partial charge in [0.2, 0.25) is 0 Å². The van der Waals surface area contributed by atoms with Crippen LogP contribution in [0.3, 0.4) is 0 Å². The van der Waals surface area contributed by atoms with Gasteiger partial charge in [-0.05, 0) is 54.1 Å². The molecule has 0 N–H and O–H groups in total. The number of aromatic nitrogens is 2. The highest BCUT2D eigenvalue weighted by Gasteiger charge is 2.14. The number of methoxy groups -OCH3 is 1. The molecular formula is C23H16Cl2N2O2.